The van der Waals surface area contributed by atoms with Crippen LogP contribution in [0.3, 0.4) is 0 Å². The van der Waals surface area contributed by atoms with Gasteiger partial charge in [0.15, 0.2) is 0 Å². The van der Waals surface area contributed by atoms with Crippen LogP contribution in [-0.2, 0) is 10.0 Å². The molecule has 0 aliphatic carbocycles. The molecule has 0 amide bonds. The Kier molecular flexibility index (Phi) is 5.21. The Hall–Kier alpha value is -0.130. The van der Waals surface area contributed by atoms with Crippen molar-refractivity contribution >= 4 is 10.0 Å². The normalized spacial score (nSPS) is 23.1. The van der Waals surface area contributed by atoms with Gasteiger partial charge in [0.2, 0.25) is 10.0 Å². The SMILES string of the molecule is CNCCCS(=O)(=O)N1CCCC1C(C)C. The molecule has 1 unspecified atom stereocenters. The van der Waals surface area contributed by atoms with Crippen LogP contribution in [-0.4, -0.2) is 44.7 Å². The van der Waals surface area contributed by atoms with Crippen LogP contribution in [0.15, 0.2) is 0 Å². The molecule has 1 aliphatic rings. The highest BCUT2D eigenvalue weighted by molar-refractivity contribution is 7.89. The number of sulfonamides is 1. The van der Waals surface area contributed by atoms with E-state index in [0.29, 0.717) is 18.9 Å². The molecule has 96 valence electrons. The van der Waals surface area contributed by atoms with Crippen molar-refractivity contribution in [3.05, 3.63) is 0 Å². The summed E-state index contributed by atoms with van der Waals surface area (Å²) in [4.78, 5) is 0. The minimum absolute atomic E-state index is 0.222. The van der Waals surface area contributed by atoms with Crippen molar-refractivity contribution in [3.8, 4) is 0 Å². The summed E-state index contributed by atoms with van der Waals surface area (Å²) in [5.41, 5.74) is 0. The predicted molar refractivity (Wildman–Crippen MR) is 66.9 cm³/mol. The van der Waals surface area contributed by atoms with Gasteiger partial charge in [-0.3, -0.25) is 0 Å². The summed E-state index contributed by atoms with van der Waals surface area (Å²) < 4.78 is 26.0. The largest absolute Gasteiger partial charge is 0.320 e. The summed E-state index contributed by atoms with van der Waals surface area (Å²) in [6.45, 7) is 5.68. The average molecular weight is 248 g/mol. The van der Waals surface area contributed by atoms with Crippen LogP contribution >= 0.6 is 0 Å². The number of hydrogen-bond acceptors (Lipinski definition) is 3. The second kappa shape index (κ2) is 5.98. The van der Waals surface area contributed by atoms with E-state index < -0.39 is 10.0 Å². The van der Waals surface area contributed by atoms with Gasteiger partial charge in [-0.05, 0) is 38.8 Å². The van der Waals surface area contributed by atoms with Crippen molar-refractivity contribution < 1.29 is 8.42 Å². The van der Waals surface area contributed by atoms with Crippen molar-refractivity contribution in [2.75, 3.05) is 25.9 Å². The van der Waals surface area contributed by atoms with E-state index >= 15 is 0 Å². The third-order valence-corrected chi connectivity index (χ3v) is 5.18. The van der Waals surface area contributed by atoms with Gasteiger partial charge < -0.3 is 5.32 Å². The molecule has 0 spiro atoms. The average Bonchev–Trinajstić information content (AvgIpc) is 2.66. The summed E-state index contributed by atoms with van der Waals surface area (Å²) in [7, 11) is -1.19. The van der Waals surface area contributed by atoms with Crippen LogP contribution in [0.1, 0.15) is 33.1 Å². The fourth-order valence-electron chi connectivity index (χ4n) is 2.33. The lowest BCUT2D eigenvalue weighted by Gasteiger charge is -2.26. The van der Waals surface area contributed by atoms with Crippen molar-refractivity contribution in [3.63, 3.8) is 0 Å². The highest BCUT2D eigenvalue weighted by atomic mass is 32.2. The van der Waals surface area contributed by atoms with Crippen LogP contribution < -0.4 is 5.32 Å². The van der Waals surface area contributed by atoms with Crippen LogP contribution in [0.25, 0.3) is 0 Å². The molecular weight excluding hydrogens is 224 g/mol. The van der Waals surface area contributed by atoms with Crippen molar-refractivity contribution in [2.45, 2.75) is 39.2 Å². The first-order valence-corrected chi connectivity index (χ1v) is 7.74. The summed E-state index contributed by atoms with van der Waals surface area (Å²) in [5, 5.41) is 2.98. The van der Waals surface area contributed by atoms with Crippen LogP contribution in [0, 0.1) is 5.92 Å². The highest BCUT2D eigenvalue weighted by Gasteiger charge is 2.35. The molecule has 1 N–H and O–H groups in total. The summed E-state index contributed by atoms with van der Waals surface area (Å²) in [6.07, 6.45) is 2.72. The molecule has 1 heterocycles. The van der Waals surface area contributed by atoms with E-state index in [-0.39, 0.29) is 11.8 Å². The Morgan fingerprint density at radius 2 is 2.12 bits per heavy atom. The van der Waals surface area contributed by atoms with E-state index in [1.807, 2.05) is 7.05 Å². The van der Waals surface area contributed by atoms with Crippen molar-refractivity contribution in [1.82, 2.24) is 9.62 Å². The monoisotopic (exact) mass is 248 g/mol. The Balaban J connectivity index is 2.60. The molecule has 1 atom stereocenters. The lowest BCUT2D eigenvalue weighted by Crippen LogP contribution is -2.40. The zero-order valence-corrected chi connectivity index (χ0v) is 11.4. The number of rotatable bonds is 6. The summed E-state index contributed by atoms with van der Waals surface area (Å²) in [6, 6.07) is 0.222. The first kappa shape index (κ1) is 13.9. The third-order valence-electron chi connectivity index (χ3n) is 3.20. The van der Waals surface area contributed by atoms with E-state index in [9.17, 15) is 8.42 Å². The van der Waals surface area contributed by atoms with Gasteiger partial charge in [0.1, 0.15) is 0 Å². The van der Waals surface area contributed by atoms with E-state index in [4.69, 9.17) is 0 Å². The molecular formula is C11H24N2O2S. The summed E-state index contributed by atoms with van der Waals surface area (Å²) >= 11 is 0. The molecule has 1 aliphatic heterocycles. The molecule has 4 nitrogen and oxygen atoms in total. The molecule has 1 saturated heterocycles. The molecule has 0 bridgehead atoms. The van der Waals surface area contributed by atoms with Crippen molar-refractivity contribution in [1.29, 1.82) is 0 Å². The van der Waals surface area contributed by atoms with Crippen LogP contribution in [0.4, 0.5) is 0 Å². The van der Waals surface area contributed by atoms with E-state index in [1.54, 1.807) is 4.31 Å². The lowest BCUT2D eigenvalue weighted by molar-refractivity contribution is 0.315. The minimum Gasteiger partial charge on any atom is -0.320 e. The first-order chi connectivity index (χ1) is 7.49. The smallest absolute Gasteiger partial charge is 0.214 e. The molecule has 0 radical (unpaired) electrons. The maximum Gasteiger partial charge on any atom is 0.214 e. The minimum atomic E-state index is -3.03. The van der Waals surface area contributed by atoms with Gasteiger partial charge in [-0.1, -0.05) is 13.8 Å². The Morgan fingerprint density at radius 1 is 1.44 bits per heavy atom. The highest BCUT2D eigenvalue weighted by Crippen LogP contribution is 2.26. The zero-order valence-electron chi connectivity index (χ0n) is 10.6. The molecule has 1 rings (SSSR count). The molecule has 0 saturated carbocycles. The second-order valence-corrected chi connectivity index (χ2v) is 6.88. The van der Waals surface area contributed by atoms with Gasteiger partial charge in [-0.15, -0.1) is 0 Å². The fraction of sp³-hybridized carbons (Fsp3) is 1.00. The maximum absolute atomic E-state index is 12.1. The predicted octanol–water partition coefficient (Wildman–Crippen LogP) is 1.05. The third kappa shape index (κ3) is 3.43. The van der Waals surface area contributed by atoms with Gasteiger partial charge in [-0.25, -0.2) is 8.42 Å². The van der Waals surface area contributed by atoms with Gasteiger partial charge >= 0.3 is 0 Å². The van der Waals surface area contributed by atoms with Crippen molar-refractivity contribution in [2.24, 2.45) is 5.92 Å². The first-order valence-electron chi connectivity index (χ1n) is 6.13. The van der Waals surface area contributed by atoms with E-state index in [0.717, 1.165) is 19.4 Å². The van der Waals surface area contributed by atoms with Gasteiger partial charge in [0.25, 0.3) is 0 Å². The molecule has 16 heavy (non-hydrogen) atoms. The lowest BCUT2D eigenvalue weighted by atomic mass is 10.0. The number of hydrogen-bond donors (Lipinski definition) is 1. The number of nitrogens with one attached hydrogen (secondary N) is 1. The Morgan fingerprint density at radius 3 is 2.69 bits per heavy atom. The molecule has 0 aromatic carbocycles. The molecule has 1 fully saturated rings. The van der Waals surface area contributed by atoms with Gasteiger partial charge in [-0.2, -0.15) is 4.31 Å². The second-order valence-electron chi connectivity index (χ2n) is 4.84. The Bertz CT molecular complexity index is 301. The molecule has 0 aromatic rings. The van der Waals surface area contributed by atoms with Crippen LogP contribution in [0.5, 0.6) is 0 Å². The van der Waals surface area contributed by atoms with Gasteiger partial charge in [0, 0.05) is 12.6 Å². The zero-order chi connectivity index (χ0) is 12.2. The quantitative estimate of drug-likeness (QED) is 0.715. The molecule has 0 aromatic heterocycles. The Labute approximate surface area is 99.5 Å². The van der Waals surface area contributed by atoms with Gasteiger partial charge in [0.05, 0.1) is 5.75 Å². The summed E-state index contributed by atoms with van der Waals surface area (Å²) in [5.74, 6) is 0.693. The molecule has 5 heteroatoms. The topological polar surface area (TPSA) is 49.4 Å². The van der Waals surface area contributed by atoms with Crippen LogP contribution in [0.2, 0.25) is 0 Å². The maximum atomic E-state index is 12.1. The van der Waals surface area contributed by atoms with E-state index in [1.165, 1.54) is 0 Å². The standard InChI is InChI=1S/C11H24N2O2S/c1-10(2)11-6-4-8-13(11)16(14,15)9-5-7-12-3/h10-12H,4-9H2,1-3H3. The fourth-order valence-corrected chi connectivity index (χ4v) is 4.24. The number of nitrogens with zero attached hydrogens (tertiary/aromatic N) is 1. The van der Waals surface area contributed by atoms with E-state index in [2.05, 4.69) is 19.2 Å².